The Hall–Kier alpha value is -3.22. The number of hydrogen-bond donors (Lipinski definition) is 1. The van der Waals surface area contributed by atoms with Crippen LogP contribution in [0.25, 0.3) is 0 Å². The van der Waals surface area contributed by atoms with Gasteiger partial charge in [-0.25, -0.2) is 0 Å². The smallest absolute Gasteiger partial charge is 0.243 e. The molecular formula is C33H38Cl2N2O4. The van der Waals surface area contributed by atoms with E-state index in [1.54, 1.807) is 37.3 Å². The van der Waals surface area contributed by atoms with Crippen molar-refractivity contribution < 1.29 is 19.1 Å². The van der Waals surface area contributed by atoms with E-state index in [9.17, 15) is 9.59 Å². The van der Waals surface area contributed by atoms with Crippen LogP contribution >= 0.6 is 23.2 Å². The molecule has 41 heavy (non-hydrogen) atoms. The number of amides is 2. The molecule has 218 valence electrons. The zero-order chi connectivity index (χ0) is 29.2. The van der Waals surface area contributed by atoms with E-state index >= 15 is 0 Å². The van der Waals surface area contributed by atoms with Gasteiger partial charge in [0.15, 0.2) is 11.5 Å². The first kappa shape index (κ1) is 30.7. The third-order valence-corrected chi connectivity index (χ3v) is 8.40. The van der Waals surface area contributed by atoms with Crippen molar-refractivity contribution in [2.24, 2.45) is 0 Å². The van der Waals surface area contributed by atoms with Gasteiger partial charge < -0.3 is 19.7 Å². The summed E-state index contributed by atoms with van der Waals surface area (Å²) in [6, 6.07) is 20.1. The lowest BCUT2D eigenvalue weighted by Gasteiger charge is -2.34. The Bertz CT molecular complexity index is 1290. The van der Waals surface area contributed by atoms with Crippen LogP contribution in [0.1, 0.15) is 55.2 Å². The van der Waals surface area contributed by atoms with Crippen molar-refractivity contribution in [1.29, 1.82) is 0 Å². The van der Waals surface area contributed by atoms with Crippen molar-refractivity contribution in [2.45, 2.75) is 70.0 Å². The Kier molecular flexibility index (Phi) is 11.3. The highest BCUT2D eigenvalue weighted by Gasteiger charge is 2.32. The lowest BCUT2D eigenvalue weighted by atomic mass is 9.94. The van der Waals surface area contributed by atoms with Gasteiger partial charge in [0.2, 0.25) is 11.8 Å². The van der Waals surface area contributed by atoms with E-state index in [0.717, 1.165) is 36.8 Å². The van der Waals surface area contributed by atoms with Crippen molar-refractivity contribution >= 4 is 35.0 Å². The van der Waals surface area contributed by atoms with E-state index in [1.165, 1.54) is 6.42 Å². The van der Waals surface area contributed by atoms with Gasteiger partial charge in [-0.05, 0) is 54.7 Å². The van der Waals surface area contributed by atoms with Gasteiger partial charge in [-0.2, -0.15) is 0 Å². The molecule has 1 N–H and O–H groups in total. The normalized spacial score (nSPS) is 14.2. The summed E-state index contributed by atoms with van der Waals surface area (Å²) in [6.45, 7) is 0.124. The molecule has 1 saturated carbocycles. The number of rotatable bonds is 12. The van der Waals surface area contributed by atoms with Gasteiger partial charge in [-0.1, -0.05) is 84.9 Å². The molecule has 1 atom stereocenters. The van der Waals surface area contributed by atoms with E-state index in [-0.39, 0.29) is 30.8 Å². The molecular weight excluding hydrogens is 559 g/mol. The average molecular weight is 598 g/mol. The molecule has 1 fully saturated rings. The number of carbonyl (C=O) groups excluding carboxylic acids is 2. The Balaban J connectivity index is 1.64. The Morgan fingerprint density at radius 2 is 1.56 bits per heavy atom. The molecule has 3 aromatic carbocycles. The minimum atomic E-state index is -0.732. The lowest BCUT2D eigenvalue weighted by Crippen LogP contribution is -2.53. The fourth-order valence-corrected chi connectivity index (χ4v) is 5.90. The molecule has 8 heteroatoms. The van der Waals surface area contributed by atoms with Crippen LogP contribution in [0.15, 0.2) is 66.7 Å². The molecule has 6 nitrogen and oxygen atoms in total. The second-order valence-corrected chi connectivity index (χ2v) is 11.3. The third kappa shape index (κ3) is 8.40. The molecule has 0 heterocycles. The predicted octanol–water partition coefficient (Wildman–Crippen LogP) is 7.03. The van der Waals surface area contributed by atoms with Crippen LogP contribution in [-0.4, -0.2) is 43.0 Å². The van der Waals surface area contributed by atoms with E-state index in [4.69, 9.17) is 32.7 Å². The van der Waals surface area contributed by atoms with Gasteiger partial charge in [0.1, 0.15) is 6.04 Å². The fourth-order valence-electron chi connectivity index (χ4n) is 5.38. The van der Waals surface area contributed by atoms with Crippen LogP contribution in [0.4, 0.5) is 0 Å². The topological polar surface area (TPSA) is 67.9 Å². The van der Waals surface area contributed by atoms with Crippen LogP contribution < -0.4 is 14.8 Å². The first-order valence-electron chi connectivity index (χ1n) is 14.2. The van der Waals surface area contributed by atoms with Crippen molar-refractivity contribution in [2.75, 3.05) is 14.2 Å². The largest absolute Gasteiger partial charge is 0.493 e. The molecule has 1 aliphatic carbocycles. The van der Waals surface area contributed by atoms with Crippen molar-refractivity contribution in [3.8, 4) is 11.5 Å². The summed E-state index contributed by atoms with van der Waals surface area (Å²) in [6.07, 6.45) is 6.32. The number of aryl methyl sites for hydroxylation is 1. The summed E-state index contributed by atoms with van der Waals surface area (Å²) in [7, 11) is 3.17. The molecule has 3 aromatic rings. The molecule has 2 amide bonds. The Labute approximate surface area is 252 Å². The van der Waals surface area contributed by atoms with E-state index in [2.05, 4.69) is 5.32 Å². The number of methoxy groups -OCH3 is 2. The fraction of sp³-hybridized carbons (Fsp3) is 0.394. The SMILES string of the molecule is COc1ccc(CCC(=O)N(Cc2c(Cl)cccc2Cl)C(Cc2ccccc2)C(=O)NC2CCCCC2)cc1OC. The molecule has 0 bridgehead atoms. The molecule has 1 aliphatic rings. The standard InChI is InChI=1S/C33H38Cl2N2O4/c1-40-30-18-16-24(21-31(30)41-2)17-19-32(38)37(22-26-27(34)14-9-15-28(26)35)29(20-23-10-5-3-6-11-23)33(39)36-25-12-7-4-8-13-25/h3,5-6,9-11,14-16,18,21,25,29H,4,7-8,12-13,17,19-20,22H2,1-2H3,(H,36,39). The maximum absolute atomic E-state index is 14.1. The van der Waals surface area contributed by atoms with Crippen molar-refractivity contribution in [3.63, 3.8) is 0 Å². The number of hydrogen-bond acceptors (Lipinski definition) is 4. The average Bonchev–Trinajstić information content (AvgIpc) is 2.99. The van der Waals surface area contributed by atoms with E-state index in [1.807, 2.05) is 48.5 Å². The number of nitrogens with zero attached hydrogens (tertiary/aromatic N) is 1. The van der Waals surface area contributed by atoms with Crippen LogP contribution in [0.5, 0.6) is 11.5 Å². The first-order chi connectivity index (χ1) is 19.9. The number of halogens is 2. The van der Waals surface area contributed by atoms with Gasteiger partial charge in [0.05, 0.1) is 14.2 Å². The zero-order valence-electron chi connectivity index (χ0n) is 23.7. The lowest BCUT2D eigenvalue weighted by molar-refractivity contribution is -0.141. The van der Waals surface area contributed by atoms with Gasteiger partial charge in [-0.15, -0.1) is 0 Å². The molecule has 4 rings (SSSR count). The highest BCUT2D eigenvalue weighted by Crippen LogP contribution is 2.30. The second-order valence-electron chi connectivity index (χ2n) is 10.5. The summed E-state index contributed by atoms with van der Waals surface area (Å²) >= 11 is 13.1. The van der Waals surface area contributed by atoms with Crippen molar-refractivity contribution in [1.82, 2.24) is 10.2 Å². The third-order valence-electron chi connectivity index (χ3n) is 7.69. The molecule has 0 radical (unpaired) electrons. The quantitative estimate of drug-likeness (QED) is 0.244. The highest BCUT2D eigenvalue weighted by molar-refractivity contribution is 6.36. The maximum Gasteiger partial charge on any atom is 0.243 e. The summed E-state index contributed by atoms with van der Waals surface area (Å²) < 4.78 is 10.8. The minimum absolute atomic E-state index is 0.113. The van der Waals surface area contributed by atoms with Crippen LogP contribution in [0, 0.1) is 0 Å². The minimum Gasteiger partial charge on any atom is -0.493 e. The summed E-state index contributed by atoms with van der Waals surface area (Å²) in [5.74, 6) is 0.921. The van der Waals surface area contributed by atoms with Gasteiger partial charge in [0, 0.05) is 41.0 Å². The van der Waals surface area contributed by atoms with E-state index < -0.39 is 6.04 Å². The summed E-state index contributed by atoms with van der Waals surface area (Å²) in [5, 5.41) is 4.18. The van der Waals surface area contributed by atoms with Crippen molar-refractivity contribution in [3.05, 3.63) is 93.5 Å². The number of benzene rings is 3. The Morgan fingerprint density at radius 1 is 0.878 bits per heavy atom. The van der Waals surface area contributed by atoms with Gasteiger partial charge in [-0.3, -0.25) is 9.59 Å². The first-order valence-corrected chi connectivity index (χ1v) is 14.9. The molecule has 1 unspecified atom stereocenters. The number of nitrogens with one attached hydrogen (secondary N) is 1. The summed E-state index contributed by atoms with van der Waals surface area (Å²) in [5.41, 5.74) is 2.52. The van der Waals surface area contributed by atoms with E-state index in [0.29, 0.717) is 39.9 Å². The molecule has 0 aromatic heterocycles. The van der Waals surface area contributed by atoms with Gasteiger partial charge in [0.25, 0.3) is 0 Å². The molecule has 0 saturated heterocycles. The maximum atomic E-state index is 14.1. The van der Waals surface area contributed by atoms with Crippen LogP contribution in [-0.2, 0) is 29.0 Å². The second kappa shape index (κ2) is 15.1. The Morgan fingerprint density at radius 3 is 2.22 bits per heavy atom. The monoisotopic (exact) mass is 596 g/mol. The highest BCUT2D eigenvalue weighted by atomic mass is 35.5. The predicted molar refractivity (Wildman–Crippen MR) is 164 cm³/mol. The van der Waals surface area contributed by atoms with Crippen LogP contribution in [0.2, 0.25) is 10.0 Å². The summed E-state index contributed by atoms with van der Waals surface area (Å²) in [4.78, 5) is 29.7. The molecule has 0 spiro atoms. The van der Waals surface area contributed by atoms with Gasteiger partial charge >= 0.3 is 0 Å². The zero-order valence-corrected chi connectivity index (χ0v) is 25.2. The molecule has 0 aliphatic heterocycles. The number of ether oxygens (including phenoxy) is 2. The van der Waals surface area contributed by atoms with Crippen LogP contribution in [0.3, 0.4) is 0 Å². The number of carbonyl (C=O) groups is 2.